The number of thioether (sulfide) groups is 1. The van der Waals surface area contributed by atoms with Crippen molar-refractivity contribution in [2.45, 2.75) is 62.1 Å². The van der Waals surface area contributed by atoms with Crippen molar-refractivity contribution in [1.82, 2.24) is 4.90 Å². The number of carboxylic acid groups (broad SMARTS) is 1. The molecule has 190 valence electrons. The quantitative estimate of drug-likeness (QED) is 0.333. The molecule has 35 heavy (non-hydrogen) atoms. The second-order valence-electron chi connectivity index (χ2n) is 8.76. The normalized spacial score (nSPS) is 15.8. The molecule has 2 amide bonds. The standard InChI is InChI=1S/C24H28F3N3O4S/c1-4-30(22(33)29-16-6-9-18(10-7-16)34-24(25,26)27)17-8-5-14-13-20(19(28)12-15(14)11-17)35-23(2,3)21(31)32/h6-7,9-10,12-13,17H,4-5,8,11,28H2,1-3H3,(H,29,33)(H,31,32). The third-order valence-electron chi connectivity index (χ3n) is 5.80. The monoisotopic (exact) mass is 511 g/mol. The van der Waals surface area contributed by atoms with Gasteiger partial charge in [0.15, 0.2) is 0 Å². The number of anilines is 2. The molecule has 0 saturated heterocycles. The molecule has 0 aromatic heterocycles. The van der Waals surface area contributed by atoms with Crippen LogP contribution in [0.15, 0.2) is 41.3 Å². The Morgan fingerprint density at radius 1 is 1.20 bits per heavy atom. The Morgan fingerprint density at radius 2 is 1.86 bits per heavy atom. The van der Waals surface area contributed by atoms with Crippen LogP contribution in [0.4, 0.5) is 29.3 Å². The van der Waals surface area contributed by atoms with Crippen molar-refractivity contribution >= 4 is 35.1 Å². The molecule has 2 aromatic rings. The molecule has 0 heterocycles. The number of hydrogen-bond donors (Lipinski definition) is 3. The predicted molar refractivity (Wildman–Crippen MR) is 129 cm³/mol. The predicted octanol–water partition coefficient (Wildman–Crippen LogP) is 5.53. The van der Waals surface area contributed by atoms with E-state index in [9.17, 15) is 27.9 Å². The highest BCUT2D eigenvalue weighted by Gasteiger charge is 2.32. The Labute approximate surface area is 205 Å². The zero-order chi connectivity index (χ0) is 26.0. The van der Waals surface area contributed by atoms with E-state index in [0.29, 0.717) is 37.2 Å². The van der Waals surface area contributed by atoms with E-state index >= 15 is 0 Å². The molecule has 2 aromatic carbocycles. The fourth-order valence-corrected chi connectivity index (χ4v) is 4.98. The van der Waals surface area contributed by atoms with Crippen LogP contribution in [-0.2, 0) is 17.6 Å². The molecule has 0 spiro atoms. The molecule has 0 saturated carbocycles. The van der Waals surface area contributed by atoms with Crippen LogP contribution in [0.25, 0.3) is 0 Å². The van der Waals surface area contributed by atoms with E-state index in [1.54, 1.807) is 18.7 Å². The number of carboxylic acids is 1. The number of ether oxygens (including phenoxy) is 1. The fourth-order valence-electron chi connectivity index (χ4n) is 3.96. The number of fused-ring (bicyclic) bond motifs is 1. The molecule has 1 atom stereocenters. The summed E-state index contributed by atoms with van der Waals surface area (Å²) in [5, 5.41) is 12.1. The Kier molecular flexibility index (Phi) is 7.78. The molecule has 0 aliphatic heterocycles. The minimum atomic E-state index is -4.78. The van der Waals surface area contributed by atoms with Crippen LogP contribution in [0.3, 0.4) is 0 Å². The van der Waals surface area contributed by atoms with Crippen LogP contribution < -0.4 is 15.8 Å². The number of carbonyl (C=O) groups excluding carboxylic acids is 1. The highest BCUT2D eigenvalue weighted by Crippen LogP contribution is 2.39. The largest absolute Gasteiger partial charge is 0.573 e. The first-order valence-corrected chi connectivity index (χ1v) is 11.9. The van der Waals surface area contributed by atoms with Gasteiger partial charge in [-0.3, -0.25) is 4.79 Å². The first-order valence-electron chi connectivity index (χ1n) is 11.1. The number of rotatable bonds is 7. The van der Waals surface area contributed by atoms with Crippen molar-refractivity contribution < 1.29 is 32.6 Å². The minimum absolute atomic E-state index is 0.0892. The average Bonchev–Trinajstić information content (AvgIpc) is 2.75. The lowest BCUT2D eigenvalue weighted by Crippen LogP contribution is -2.45. The number of nitrogens with one attached hydrogen (secondary N) is 1. The van der Waals surface area contributed by atoms with Crippen LogP contribution in [0.1, 0.15) is 38.3 Å². The maximum Gasteiger partial charge on any atom is 0.573 e. The molecule has 3 rings (SSSR count). The highest BCUT2D eigenvalue weighted by atomic mass is 32.2. The summed E-state index contributed by atoms with van der Waals surface area (Å²) < 4.78 is 39.8. The van der Waals surface area contributed by atoms with Crippen molar-refractivity contribution in [3.8, 4) is 5.75 Å². The van der Waals surface area contributed by atoms with Gasteiger partial charge in [0.1, 0.15) is 10.5 Å². The summed E-state index contributed by atoms with van der Waals surface area (Å²) >= 11 is 1.20. The van der Waals surface area contributed by atoms with Gasteiger partial charge in [0.25, 0.3) is 0 Å². The van der Waals surface area contributed by atoms with Crippen LogP contribution >= 0.6 is 11.8 Å². The molecule has 0 bridgehead atoms. The van der Waals surface area contributed by atoms with E-state index in [2.05, 4.69) is 10.1 Å². The zero-order valence-corrected chi connectivity index (χ0v) is 20.4. The van der Waals surface area contributed by atoms with Crippen LogP contribution in [0.5, 0.6) is 5.75 Å². The van der Waals surface area contributed by atoms with Crippen molar-refractivity contribution in [3.05, 3.63) is 47.5 Å². The van der Waals surface area contributed by atoms with Crippen molar-refractivity contribution in [3.63, 3.8) is 0 Å². The third-order valence-corrected chi connectivity index (χ3v) is 7.05. The van der Waals surface area contributed by atoms with E-state index < -0.39 is 17.1 Å². The van der Waals surface area contributed by atoms with Crippen molar-refractivity contribution in [1.29, 1.82) is 0 Å². The number of nitrogens with zero attached hydrogens (tertiary/aromatic N) is 1. The van der Waals surface area contributed by atoms with E-state index in [4.69, 9.17) is 5.73 Å². The molecular weight excluding hydrogens is 483 g/mol. The van der Waals surface area contributed by atoms with E-state index in [0.717, 1.165) is 28.2 Å². The lowest BCUT2D eigenvalue weighted by Gasteiger charge is -2.35. The zero-order valence-electron chi connectivity index (χ0n) is 19.6. The summed E-state index contributed by atoms with van der Waals surface area (Å²) in [5.74, 6) is -1.29. The molecule has 1 aliphatic rings. The molecular formula is C24H28F3N3O4S. The van der Waals surface area contributed by atoms with Gasteiger partial charge in [-0.1, -0.05) is 0 Å². The van der Waals surface area contributed by atoms with Gasteiger partial charge in [-0.15, -0.1) is 24.9 Å². The number of carbonyl (C=O) groups is 2. The molecule has 1 aliphatic carbocycles. The van der Waals surface area contributed by atoms with Crippen LogP contribution in [0.2, 0.25) is 0 Å². The van der Waals surface area contributed by atoms with E-state index in [-0.39, 0.29) is 17.8 Å². The number of aliphatic carboxylic acids is 1. The smallest absolute Gasteiger partial charge is 0.480 e. The summed E-state index contributed by atoms with van der Waals surface area (Å²) in [4.78, 5) is 26.8. The Hall–Kier alpha value is -3.08. The lowest BCUT2D eigenvalue weighted by atomic mass is 9.87. The van der Waals surface area contributed by atoms with Gasteiger partial charge < -0.3 is 25.8 Å². The SMILES string of the molecule is CCN(C(=O)Nc1ccc(OC(F)(F)F)cc1)C1CCc2cc(SC(C)(C)C(=O)O)c(N)cc2C1. The molecule has 4 N–H and O–H groups in total. The second-order valence-corrected chi connectivity index (χ2v) is 10.4. The molecule has 0 fully saturated rings. The fraction of sp³-hybridized carbons (Fsp3) is 0.417. The summed E-state index contributed by atoms with van der Waals surface area (Å²) in [6, 6.07) is 8.33. The number of urea groups is 1. The number of amides is 2. The van der Waals surface area contributed by atoms with Gasteiger partial charge in [0.05, 0.1) is 0 Å². The summed E-state index contributed by atoms with van der Waals surface area (Å²) in [7, 11) is 0. The summed E-state index contributed by atoms with van der Waals surface area (Å²) in [6.45, 7) is 5.56. The molecule has 1 unspecified atom stereocenters. The number of likely N-dealkylation sites (N-methyl/N-ethyl adjacent to an activating group) is 1. The number of halogens is 3. The Bertz CT molecular complexity index is 1090. The van der Waals surface area contributed by atoms with Crippen LogP contribution in [0, 0.1) is 0 Å². The van der Waals surface area contributed by atoms with Crippen LogP contribution in [-0.4, -0.2) is 45.7 Å². The van der Waals surface area contributed by atoms with Gasteiger partial charge in [-0.05, 0) is 87.6 Å². The second kappa shape index (κ2) is 10.3. The van der Waals surface area contributed by atoms with Gasteiger partial charge in [0.2, 0.25) is 0 Å². The first kappa shape index (κ1) is 26.5. The Balaban J connectivity index is 1.69. The number of nitrogen functional groups attached to an aromatic ring is 1. The summed E-state index contributed by atoms with van der Waals surface area (Å²) in [5.41, 5.74) is 9.17. The lowest BCUT2D eigenvalue weighted by molar-refractivity contribution is -0.274. The van der Waals surface area contributed by atoms with E-state index in [1.165, 1.54) is 23.9 Å². The van der Waals surface area contributed by atoms with Gasteiger partial charge in [-0.25, -0.2) is 4.79 Å². The van der Waals surface area contributed by atoms with Gasteiger partial charge in [0, 0.05) is 28.9 Å². The maximum absolute atomic E-state index is 12.9. The van der Waals surface area contributed by atoms with E-state index in [1.807, 2.05) is 19.1 Å². The minimum Gasteiger partial charge on any atom is -0.480 e. The van der Waals surface area contributed by atoms with Gasteiger partial charge in [-0.2, -0.15) is 0 Å². The maximum atomic E-state index is 12.9. The number of nitrogens with two attached hydrogens (primary N) is 1. The average molecular weight is 512 g/mol. The highest BCUT2D eigenvalue weighted by molar-refractivity contribution is 8.01. The molecule has 7 nitrogen and oxygen atoms in total. The third kappa shape index (κ3) is 6.74. The van der Waals surface area contributed by atoms with Crippen molar-refractivity contribution in [2.24, 2.45) is 0 Å². The first-order chi connectivity index (χ1) is 16.3. The Morgan fingerprint density at radius 3 is 2.43 bits per heavy atom. The number of alkyl halides is 3. The van der Waals surface area contributed by atoms with Crippen molar-refractivity contribution in [2.75, 3.05) is 17.6 Å². The summed E-state index contributed by atoms with van der Waals surface area (Å²) in [6.07, 6.45) is -2.78. The molecule has 0 radical (unpaired) electrons. The molecule has 11 heteroatoms. The number of hydrogen-bond acceptors (Lipinski definition) is 5. The number of benzene rings is 2. The number of aryl methyl sites for hydroxylation is 1. The topological polar surface area (TPSA) is 105 Å². The van der Waals surface area contributed by atoms with Gasteiger partial charge >= 0.3 is 18.4 Å².